The van der Waals surface area contributed by atoms with Crippen LogP contribution in [0.5, 0.6) is 5.88 Å². The number of aromatic nitrogens is 5. The fourth-order valence-corrected chi connectivity index (χ4v) is 2.46. The van der Waals surface area contributed by atoms with Gasteiger partial charge in [-0.15, -0.1) is 10.2 Å². The maximum absolute atomic E-state index is 6.01. The van der Waals surface area contributed by atoms with Crippen LogP contribution in [0, 0.1) is 20.8 Å². The second-order valence-electron chi connectivity index (χ2n) is 5.24. The number of hydrogen-bond donors (Lipinski definition) is 0. The van der Waals surface area contributed by atoms with Crippen LogP contribution in [0.2, 0.25) is 5.15 Å². The van der Waals surface area contributed by atoms with Crippen molar-refractivity contribution in [2.75, 3.05) is 7.11 Å². The Labute approximate surface area is 139 Å². The minimum Gasteiger partial charge on any atom is -0.479 e. The molecule has 0 spiro atoms. The number of aryl methyl sites for hydroxylation is 1. The summed E-state index contributed by atoms with van der Waals surface area (Å²) in [5, 5.41) is 8.55. The zero-order valence-electron chi connectivity index (χ0n) is 13.3. The van der Waals surface area contributed by atoms with Gasteiger partial charge in [0.05, 0.1) is 24.8 Å². The average molecular weight is 330 g/mol. The molecule has 0 aliphatic carbocycles. The second kappa shape index (κ2) is 5.96. The third-order valence-electron chi connectivity index (χ3n) is 3.73. The first-order valence-electron chi connectivity index (χ1n) is 7.07. The molecular weight excluding hydrogens is 314 g/mol. The maximum atomic E-state index is 6.01. The van der Waals surface area contributed by atoms with E-state index in [9.17, 15) is 0 Å². The zero-order chi connectivity index (χ0) is 16.6. The molecule has 3 aromatic heterocycles. The van der Waals surface area contributed by atoms with Gasteiger partial charge in [-0.2, -0.15) is 0 Å². The third-order valence-corrected chi connectivity index (χ3v) is 4.09. The number of halogens is 1. The van der Waals surface area contributed by atoms with Crippen molar-refractivity contribution in [3.8, 4) is 23.0 Å². The molecule has 0 saturated heterocycles. The molecule has 0 N–H and O–H groups in total. The zero-order valence-corrected chi connectivity index (χ0v) is 14.1. The minimum atomic E-state index is 0.406. The van der Waals surface area contributed by atoms with Crippen LogP contribution in [-0.2, 0) is 0 Å². The lowest BCUT2D eigenvalue weighted by atomic mass is 10.1. The van der Waals surface area contributed by atoms with E-state index in [1.807, 2.05) is 43.7 Å². The van der Waals surface area contributed by atoms with Gasteiger partial charge < -0.3 is 9.30 Å². The molecule has 0 aliphatic rings. The predicted molar refractivity (Wildman–Crippen MR) is 88.2 cm³/mol. The normalized spacial score (nSPS) is 10.8. The van der Waals surface area contributed by atoms with Crippen LogP contribution in [0.4, 0.5) is 0 Å². The summed E-state index contributed by atoms with van der Waals surface area (Å²) in [7, 11) is 1.59. The molecule has 3 rings (SSSR count). The standard InChI is InChI=1S/C16H16ClN5O/c1-9-7-22(8-18-9)13-6-5-12(19-16(13)23-4)14-10(2)11(3)15(17)21-20-14/h5-8H,1-4H3. The highest BCUT2D eigenvalue weighted by atomic mass is 35.5. The van der Waals surface area contributed by atoms with Crippen molar-refractivity contribution in [1.29, 1.82) is 0 Å². The number of methoxy groups -OCH3 is 1. The Morgan fingerprint density at radius 3 is 2.52 bits per heavy atom. The van der Waals surface area contributed by atoms with Crippen LogP contribution in [0.1, 0.15) is 16.8 Å². The molecule has 0 amide bonds. The fourth-order valence-electron chi connectivity index (χ4n) is 2.28. The lowest BCUT2D eigenvalue weighted by Gasteiger charge is -2.11. The summed E-state index contributed by atoms with van der Waals surface area (Å²) in [6, 6.07) is 3.81. The highest BCUT2D eigenvalue weighted by Crippen LogP contribution is 2.28. The van der Waals surface area contributed by atoms with E-state index in [0.29, 0.717) is 22.4 Å². The SMILES string of the molecule is COc1nc(-c2nnc(Cl)c(C)c2C)ccc1-n1cnc(C)c1. The number of imidazole rings is 1. The number of nitrogens with zero attached hydrogens (tertiary/aromatic N) is 5. The third kappa shape index (κ3) is 2.77. The molecule has 0 unspecified atom stereocenters. The molecule has 23 heavy (non-hydrogen) atoms. The largest absolute Gasteiger partial charge is 0.479 e. The molecular formula is C16H16ClN5O. The van der Waals surface area contributed by atoms with Gasteiger partial charge in [-0.1, -0.05) is 11.6 Å². The lowest BCUT2D eigenvalue weighted by molar-refractivity contribution is 0.396. The average Bonchev–Trinajstić information content (AvgIpc) is 2.98. The van der Waals surface area contributed by atoms with Crippen LogP contribution in [0.3, 0.4) is 0 Å². The van der Waals surface area contributed by atoms with Crippen LogP contribution in [-0.4, -0.2) is 31.8 Å². The summed E-state index contributed by atoms with van der Waals surface area (Å²) in [4.78, 5) is 8.79. The van der Waals surface area contributed by atoms with E-state index in [1.54, 1.807) is 13.4 Å². The van der Waals surface area contributed by atoms with Crippen molar-refractivity contribution >= 4 is 11.6 Å². The maximum Gasteiger partial charge on any atom is 0.238 e. The van der Waals surface area contributed by atoms with E-state index < -0.39 is 0 Å². The highest BCUT2D eigenvalue weighted by molar-refractivity contribution is 6.30. The lowest BCUT2D eigenvalue weighted by Crippen LogP contribution is -2.02. The Morgan fingerprint density at radius 1 is 1.09 bits per heavy atom. The van der Waals surface area contributed by atoms with Gasteiger partial charge in [0.1, 0.15) is 11.4 Å². The van der Waals surface area contributed by atoms with Gasteiger partial charge in [0, 0.05) is 6.20 Å². The summed E-state index contributed by atoms with van der Waals surface area (Å²) >= 11 is 6.01. The van der Waals surface area contributed by atoms with E-state index in [4.69, 9.17) is 16.3 Å². The Bertz CT molecular complexity index is 875. The molecule has 0 fully saturated rings. The summed E-state index contributed by atoms with van der Waals surface area (Å²) in [5.41, 5.74) is 4.96. The minimum absolute atomic E-state index is 0.406. The van der Waals surface area contributed by atoms with Crippen molar-refractivity contribution in [3.63, 3.8) is 0 Å². The highest BCUT2D eigenvalue weighted by Gasteiger charge is 2.15. The topological polar surface area (TPSA) is 65.7 Å². The van der Waals surface area contributed by atoms with E-state index in [2.05, 4.69) is 20.2 Å². The summed E-state index contributed by atoms with van der Waals surface area (Å²) < 4.78 is 7.30. The van der Waals surface area contributed by atoms with Crippen molar-refractivity contribution in [1.82, 2.24) is 24.7 Å². The van der Waals surface area contributed by atoms with Crippen LogP contribution in [0.25, 0.3) is 17.1 Å². The molecule has 0 bridgehead atoms. The molecule has 7 heteroatoms. The summed E-state index contributed by atoms with van der Waals surface area (Å²) in [6.45, 7) is 5.79. The van der Waals surface area contributed by atoms with Gasteiger partial charge in [0.2, 0.25) is 5.88 Å². The number of ether oxygens (including phenoxy) is 1. The molecule has 3 aromatic rings. The molecule has 3 heterocycles. The Morgan fingerprint density at radius 2 is 1.87 bits per heavy atom. The van der Waals surface area contributed by atoms with Crippen molar-refractivity contribution < 1.29 is 4.74 Å². The Kier molecular flexibility index (Phi) is 4.00. The molecule has 0 saturated carbocycles. The van der Waals surface area contributed by atoms with Gasteiger partial charge in [0.15, 0.2) is 5.15 Å². The second-order valence-corrected chi connectivity index (χ2v) is 5.59. The Balaban J connectivity index is 2.11. The van der Waals surface area contributed by atoms with Crippen molar-refractivity contribution in [2.24, 2.45) is 0 Å². The number of hydrogen-bond acceptors (Lipinski definition) is 5. The summed E-state index contributed by atoms with van der Waals surface area (Å²) in [6.07, 6.45) is 3.64. The first kappa shape index (κ1) is 15.4. The molecule has 0 radical (unpaired) electrons. The molecule has 0 aromatic carbocycles. The molecule has 0 aliphatic heterocycles. The molecule has 118 valence electrons. The number of pyridine rings is 1. The number of rotatable bonds is 3. The van der Waals surface area contributed by atoms with E-state index in [-0.39, 0.29) is 0 Å². The van der Waals surface area contributed by atoms with Crippen LogP contribution in [0.15, 0.2) is 24.7 Å². The van der Waals surface area contributed by atoms with E-state index in [1.165, 1.54) is 0 Å². The Hall–Kier alpha value is -2.47. The van der Waals surface area contributed by atoms with Crippen LogP contribution >= 0.6 is 11.6 Å². The van der Waals surface area contributed by atoms with Crippen LogP contribution < -0.4 is 4.74 Å². The van der Waals surface area contributed by atoms with Gasteiger partial charge in [-0.05, 0) is 44.0 Å². The molecule has 6 nitrogen and oxygen atoms in total. The van der Waals surface area contributed by atoms with Gasteiger partial charge in [-0.3, -0.25) is 0 Å². The van der Waals surface area contributed by atoms with E-state index in [0.717, 1.165) is 22.5 Å². The first-order valence-corrected chi connectivity index (χ1v) is 7.44. The van der Waals surface area contributed by atoms with Gasteiger partial charge in [-0.25, -0.2) is 9.97 Å². The van der Waals surface area contributed by atoms with Crippen molar-refractivity contribution in [3.05, 3.63) is 46.6 Å². The smallest absolute Gasteiger partial charge is 0.238 e. The van der Waals surface area contributed by atoms with Gasteiger partial charge in [0.25, 0.3) is 0 Å². The van der Waals surface area contributed by atoms with Gasteiger partial charge >= 0.3 is 0 Å². The molecule has 0 atom stereocenters. The van der Waals surface area contributed by atoms with E-state index >= 15 is 0 Å². The summed E-state index contributed by atoms with van der Waals surface area (Å²) in [5.74, 6) is 0.494. The quantitative estimate of drug-likeness (QED) is 0.737. The fraction of sp³-hybridized carbons (Fsp3) is 0.250. The monoisotopic (exact) mass is 329 g/mol. The van der Waals surface area contributed by atoms with Crippen molar-refractivity contribution in [2.45, 2.75) is 20.8 Å². The first-order chi connectivity index (χ1) is 11.0. The predicted octanol–water partition coefficient (Wildman–Crippen LogP) is 3.31.